The number of hydrogen-bond donors (Lipinski definition) is 0. The molecule has 2 aromatic carbocycles. The average molecular weight is 309 g/mol. The van der Waals surface area contributed by atoms with Gasteiger partial charge in [0.2, 0.25) is 5.78 Å². The van der Waals surface area contributed by atoms with E-state index in [1.807, 2.05) is 0 Å². The van der Waals surface area contributed by atoms with E-state index >= 15 is 0 Å². The van der Waals surface area contributed by atoms with Crippen molar-refractivity contribution < 1.29 is 14.3 Å². The van der Waals surface area contributed by atoms with E-state index in [0.29, 0.717) is 26.9 Å². The Bertz CT molecular complexity index is 636. The maximum atomic E-state index is 12.0. The lowest BCUT2D eigenvalue weighted by molar-refractivity contribution is 0.0921. The second kappa shape index (κ2) is 6.55. The number of ketones is 1. The van der Waals surface area contributed by atoms with Gasteiger partial charge in [-0.15, -0.1) is 0 Å². The molecule has 0 aliphatic heterocycles. The summed E-state index contributed by atoms with van der Waals surface area (Å²) in [5.41, 5.74) is 0.866. The Balaban J connectivity index is 2.04. The van der Waals surface area contributed by atoms with Crippen molar-refractivity contribution in [3.8, 4) is 5.75 Å². The minimum atomic E-state index is -0.267. The number of ether oxygens (including phenoxy) is 1. The molecule has 5 heteroatoms. The van der Waals surface area contributed by atoms with Gasteiger partial charge < -0.3 is 4.74 Å². The lowest BCUT2D eigenvalue weighted by Crippen LogP contribution is -2.12. The van der Waals surface area contributed by atoms with Gasteiger partial charge >= 0.3 is 0 Å². The Hall–Kier alpha value is -1.84. The van der Waals surface area contributed by atoms with Crippen molar-refractivity contribution >= 4 is 35.3 Å². The molecule has 0 amide bonds. The van der Waals surface area contributed by atoms with Gasteiger partial charge in [-0.2, -0.15) is 0 Å². The van der Waals surface area contributed by atoms with Gasteiger partial charge in [0.1, 0.15) is 12.0 Å². The second-order valence-electron chi connectivity index (χ2n) is 4.02. The van der Waals surface area contributed by atoms with Crippen LogP contribution in [-0.2, 0) is 0 Å². The van der Waals surface area contributed by atoms with E-state index in [1.54, 1.807) is 36.4 Å². The van der Waals surface area contributed by atoms with Crippen molar-refractivity contribution in [1.82, 2.24) is 0 Å². The van der Waals surface area contributed by atoms with Gasteiger partial charge in [0, 0.05) is 16.1 Å². The molecule has 0 bridgehead atoms. The third-order valence-electron chi connectivity index (χ3n) is 2.61. The highest BCUT2D eigenvalue weighted by Crippen LogP contribution is 2.21. The Labute approximate surface area is 126 Å². The molecule has 0 aliphatic carbocycles. The van der Waals surface area contributed by atoms with E-state index in [0.717, 1.165) is 6.29 Å². The van der Waals surface area contributed by atoms with Gasteiger partial charge in [0.15, 0.2) is 6.61 Å². The molecule has 0 aromatic heterocycles. The number of halogens is 2. The van der Waals surface area contributed by atoms with Crippen LogP contribution in [0.1, 0.15) is 20.7 Å². The number of rotatable bonds is 5. The Kier molecular flexibility index (Phi) is 4.77. The van der Waals surface area contributed by atoms with Gasteiger partial charge in [0.05, 0.1) is 5.02 Å². The largest absolute Gasteiger partial charge is 0.485 e. The minimum Gasteiger partial charge on any atom is -0.485 e. The third-order valence-corrected chi connectivity index (χ3v) is 3.18. The first-order chi connectivity index (χ1) is 9.60. The van der Waals surface area contributed by atoms with E-state index in [-0.39, 0.29) is 12.4 Å². The number of Topliss-reactive ketones (excluding diaryl/α,β-unsaturated/α-hetero) is 1. The lowest BCUT2D eigenvalue weighted by atomic mass is 10.1. The summed E-state index contributed by atoms with van der Waals surface area (Å²) in [6, 6.07) is 11.1. The van der Waals surface area contributed by atoms with Crippen molar-refractivity contribution in [3.63, 3.8) is 0 Å². The summed E-state index contributed by atoms with van der Waals surface area (Å²) in [5.74, 6) is 0.235. The zero-order chi connectivity index (χ0) is 14.5. The summed E-state index contributed by atoms with van der Waals surface area (Å²) in [5, 5.41) is 0.771. The molecule has 0 atom stereocenters. The van der Waals surface area contributed by atoms with Crippen LogP contribution in [0.5, 0.6) is 5.75 Å². The number of carbonyl (C=O) groups is 2. The number of benzene rings is 2. The van der Waals surface area contributed by atoms with Crippen LogP contribution in [0.2, 0.25) is 10.0 Å². The second-order valence-corrected chi connectivity index (χ2v) is 4.87. The van der Waals surface area contributed by atoms with Gasteiger partial charge in [-0.1, -0.05) is 23.2 Å². The number of carbonyl (C=O) groups excluding carboxylic acids is 2. The molecule has 0 unspecified atom stereocenters. The molecule has 0 fully saturated rings. The highest BCUT2D eigenvalue weighted by Gasteiger charge is 2.12. The summed E-state index contributed by atoms with van der Waals surface area (Å²) >= 11 is 11.8. The van der Waals surface area contributed by atoms with Crippen molar-refractivity contribution in [2.75, 3.05) is 6.61 Å². The topological polar surface area (TPSA) is 43.4 Å². The quantitative estimate of drug-likeness (QED) is 0.618. The summed E-state index contributed by atoms with van der Waals surface area (Å²) in [6.45, 7) is -0.152. The maximum absolute atomic E-state index is 12.0. The summed E-state index contributed by atoms with van der Waals surface area (Å²) in [6.07, 6.45) is 0.737. The first kappa shape index (κ1) is 14.6. The molecule has 2 rings (SSSR count). The van der Waals surface area contributed by atoms with Crippen molar-refractivity contribution in [2.24, 2.45) is 0 Å². The predicted octanol–water partition coefficient (Wildman–Crippen LogP) is 4.07. The predicted molar refractivity (Wildman–Crippen MR) is 78.1 cm³/mol. The van der Waals surface area contributed by atoms with Crippen LogP contribution >= 0.6 is 23.2 Å². The number of hydrogen-bond acceptors (Lipinski definition) is 3. The summed E-state index contributed by atoms with van der Waals surface area (Å²) < 4.78 is 5.35. The Morgan fingerprint density at radius 2 is 1.80 bits per heavy atom. The van der Waals surface area contributed by atoms with Crippen molar-refractivity contribution in [3.05, 3.63) is 63.6 Å². The van der Waals surface area contributed by atoms with Gasteiger partial charge in [-0.3, -0.25) is 9.59 Å². The van der Waals surface area contributed by atoms with E-state index in [2.05, 4.69) is 0 Å². The van der Waals surface area contributed by atoms with E-state index in [1.165, 1.54) is 6.07 Å². The molecule has 0 N–H and O–H groups in total. The van der Waals surface area contributed by atoms with Gasteiger partial charge in [0.25, 0.3) is 0 Å². The van der Waals surface area contributed by atoms with E-state index < -0.39 is 0 Å². The standard InChI is InChI=1S/C15H10Cl2O3/c16-11-3-6-14(17)13(7-11)15(19)9-20-12-4-1-10(8-18)2-5-12/h1-8H,9H2. The fraction of sp³-hybridized carbons (Fsp3) is 0.0667. The maximum Gasteiger partial charge on any atom is 0.201 e. The Morgan fingerprint density at radius 3 is 2.45 bits per heavy atom. The average Bonchev–Trinajstić information content (AvgIpc) is 2.47. The molecule has 0 heterocycles. The molecule has 3 nitrogen and oxygen atoms in total. The molecule has 2 aromatic rings. The van der Waals surface area contributed by atoms with E-state index in [4.69, 9.17) is 27.9 Å². The zero-order valence-electron chi connectivity index (χ0n) is 10.3. The van der Waals surface area contributed by atoms with Crippen LogP contribution in [0.3, 0.4) is 0 Å². The fourth-order valence-electron chi connectivity index (χ4n) is 1.58. The molecule has 102 valence electrons. The van der Waals surface area contributed by atoms with Crippen LogP contribution in [-0.4, -0.2) is 18.7 Å². The van der Waals surface area contributed by atoms with Crippen LogP contribution in [0.4, 0.5) is 0 Å². The summed E-state index contributed by atoms with van der Waals surface area (Å²) in [4.78, 5) is 22.5. The molecular formula is C15H10Cl2O3. The zero-order valence-corrected chi connectivity index (χ0v) is 11.8. The van der Waals surface area contributed by atoms with Gasteiger partial charge in [-0.05, 0) is 42.5 Å². The van der Waals surface area contributed by atoms with Crippen molar-refractivity contribution in [1.29, 1.82) is 0 Å². The molecule has 0 spiro atoms. The Morgan fingerprint density at radius 1 is 1.10 bits per heavy atom. The number of aldehydes is 1. The molecule has 20 heavy (non-hydrogen) atoms. The highest BCUT2D eigenvalue weighted by atomic mass is 35.5. The van der Waals surface area contributed by atoms with Crippen LogP contribution < -0.4 is 4.74 Å². The summed E-state index contributed by atoms with van der Waals surface area (Å²) in [7, 11) is 0. The minimum absolute atomic E-state index is 0.152. The normalized spacial score (nSPS) is 10.1. The highest BCUT2D eigenvalue weighted by molar-refractivity contribution is 6.35. The van der Waals surface area contributed by atoms with Crippen LogP contribution in [0.25, 0.3) is 0 Å². The van der Waals surface area contributed by atoms with Crippen molar-refractivity contribution in [2.45, 2.75) is 0 Å². The fourth-order valence-corrected chi connectivity index (χ4v) is 1.98. The molecule has 0 aliphatic rings. The first-order valence-corrected chi connectivity index (χ1v) is 6.52. The van der Waals surface area contributed by atoms with Crippen LogP contribution in [0.15, 0.2) is 42.5 Å². The van der Waals surface area contributed by atoms with E-state index in [9.17, 15) is 9.59 Å². The molecule has 0 radical (unpaired) electrons. The molecule has 0 saturated heterocycles. The third kappa shape index (κ3) is 3.59. The smallest absolute Gasteiger partial charge is 0.201 e. The lowest BCUT2D eigenvalue weighted by Gasteiger charge is -2.07. The first-order valence-electron chi connectivity index (χ1n) is 5.76. The van der Waals surface area contributed by atoms with Crippen LogP contribution in [0, 0.1) is 0 Å². The van der Waals surface area contributed by atoms with Gasteiger partial charge in [-0.25, -0.2) is 0 Å². The molecular weight excluding hydrogens is 299 g/mol. The SMILES string of the molecule is O=Cc1ccc(OCC(=O)c2cc(Cl)ccc2Cl)cc1. The monoisotopic (exact) mass is 308 g/mol. The molecule has 0 saturated carbocycles.